The molecule has 92 valence electrons. The smallest absolute Gasteiger partial charge is 0.129 e. The molecule has 4 nitrogen and oxygen atoms in total. The van der Waals surface area contributed by atoms with Crippen LogP contribution in [0.1, 0.15) is 18.7 Å². The third kappa shape index (κ3) is 2.54. The summed E-state index contributed by atoms with van der Waals surface area (Å²) in [6.07, 6.45) is 0. The molecular formula is C12H18N4S. The molecule has 0 saturated carbocycles. The maximum absolute atomic E-state index is 8.90. The topological polar surface area (TPSA) is 56.3 Å². The lowest BCUT2D eigenvalue weighted by Gasteiger charge is -2.37. The summed E-state index contributed by atoms with van der Waals surface area (Å²) in [4.78, 5) is 5.42. The van der Waals surface area contributed by atoms with Gasteiger partial charge in [0.05, 0.1) is 10.7 Å². The van der Waals surface area contributed by atoms with E-state index in [-0.39, 0.29) is 0 Å². The Bertz CT molecular complexity index is 424. The van der Waals surface area contributed by atoms with Gasteiger partial charge in [-0.05, 0) is 19.9 Å². The summed E-state index contributed by atoms with van der Waals surface area (Å²) in [5, 5.41) is 10.0. The number of nitrogens with zero attached hydrogens (tertiary/aromatic N) is 3. The van der Waals surface area contributed by atoms with Gasteiger partial charge >= 0.3 is 0 Å². The first-order chi connectivity index (χ1) is 8.11. The first-order valence-corrected chi connectivity index (χ1v) is 6.72. The Kier molecular flexibility index (Phi) is 3.55. The first kappa shape index (κ1) is 12.2. The number of hydrogen-bond donors (Lipinski definition) is 1. The summed E-state index contributed by atoms with van der Waals surface area (Å²) in [5.74, 6) is 0. The fraction of sp³-hybridized carbons (Fsp3) is 0.583. The van der Waals surface area contributed by atoms with E-state index in [1.54, 1.807) is 0 Å². The van der Waals surface area contributed by atoms with Gasteiger partial charge in [-0.25, -0.2) is 0 Å². The van der Waals surface area contributed by atoms with Gasteiger partial charge in [0.1, 0.15) is 10.9 Å². The Morgan fingerprint density at radius 1 is 1.35 bits per heavy atom. The number of nitriles is 1. The van der Waals surface area contributed by atoms with Gasteiger partial charge in [-0.1, -0.05) is 0 Å². The van der Waals surface area contributed by atoms with Gasteiger partial charge in [0.15, 0.2) is 0 Å². The van der Waals surface area contributed by atoms with Crippen molar-refractivity contribution in [2.75, 3.05) is 36.8 Å². The van der Waals surface area contributed by atoms with Gasteiger partial charge in [0.25, 0.3) is 0 Å². The van der Waals surface area contributed by atoms with Crippen LogP contribution in [0.25, 0.3) is 0 Å². The van der Waals surface area contributed by atoms with Crippen molar-refractivity contribution < 1.29 is 0 Å². The fourth-order valence-corrected chi connectivity index (χ4v) is 3.02. The maximum atomic E-state index is 8.90. The minimum Gasteiger partial charge on any atom is -0.397 e. The van der Waals surface area contributed by atoms with Crippen molar-refractivity contribution in [3.63, 3.8) is 0 Å². The Morgan fingerprint density at radius 2 is 2.00 bits per heavy atom. The van der Waals surface area contributed by atoms with Crippen molar-refractivity contribution in [3.8, 4) is 6.07 Å². The predicted molar refractivity (Wildman–Crippen MR) is 72.4 cm³/mol. The highest BCUT2D eigenvalue weighted by Gasteiger charge is 2.20. The van der Waals surface area contributed by atoms with E-state index in [9.17, 15) is 0 Å². The zero-order valence-corrected chi connectivity index (χ0v) is 11.1. The highest BCUT2D eigenvalue weighted by molar-refractivity contribution is 7.17. The third-order valence-electron chi connectivity index (χ3n) is 3.21. The predicted octanol–water partition coefficient (Wildman–Crippen LogP) is 1.73. The van der Waals surface area contributed by atoms with Crippen molar-refractivity contribution >= 4 is 22.0 Å². The second-order valence-electron chi connectivity index (χ2n) is 4.60. The molecule has 1 saturated heterocycles. The van der Waals surface area contributed by atoms with E-state index < -0.39 is 0 Å². The summed E-state index contributed by atoms with van der Waals surface area (Å²) in [5.41, 5.74) is 6.39. The van der Waals surface area contributed by atoms with Crippen LogP contribution in [0.4, 0.5) is 10.7 Å². The van der Waals surface area contributed by atoms with Crippen LogP contribution < -0.4 is 10.6 Å². The molecular weight excluding hydrogens is 232 g/mol. The van der Waals surface area contributed by atoms with Crippen LogP contribution in [0.2, 0.25) is 0 Å². The zero-order valence-electron chi connectivity index (χ0n) is 10.3. The second-order valence-corrected chi connectivity index (χ2v) is 5.63. The van der Waals surface area contributed by atoms with Gasteiger partial charge < -0.3 is 10.6 Å². The molecule has 0 atom stereocenters. The quantitative estimate of drug-likeness (QED) is 0.868. The highest BCUT2D eigenvalue weighted by Crippen LogP contribution is 2.32. The third-order valence-corrected chi connectivity index (χ3v) is 4.32. The molecule has 2 heterocycles. The average molecular weight is 250 g/mol. The SMILES string of the molecule is CC(C)N1CCN(c2cc(N)c(C#N)s2)CC1. The van der Waals surface area contributed by atoms with Gasteiger partial charge in [0, 0.05) is 32.2 Å². The van der Waals surface area contributed by atoms with E-state index in [2.05, 4.69) is 29.7 Å². The van der Waals surface area contributed by atoms with Crippen LogP contribution in [-0.2, 0) is 0 Å². The largest absolute Gasteiger partial charge is 0.397 e. The number of anilines is 2. The summed E-state index contributed by atoms with van der Waals surface area (Å²) in [6, 6.07) is 4.67. The van der Waals surface area contributed by atoms with Crippen molar-refractivity contribution in [1.29, 1.82) is 5.26 Å². The van der Waals surface area contributed by atoms with E-state index in [1.807, 2.05) is 6.07 Å². The molecule has 17 heavy (non-hydrogen) atoms. The molecule has 1 aromatic rings. The molecule has 0 aromatic carbocycles. The summed E-state index contributed by atoms with van der Waals surface area (Å²) >= 11 is 1.50. The van der Waals surface area contributed by atoms with Crippen molar-refractivity contribution in [3.05, 3.63) is 10.9 Å². The van der Waals surface area contributed by atoms with Crippen LogP contribution in [0.3, 0.4) is 0 Å². The number of hydrogen-bond acceptors (Lipinski definition) is 5. The van der Waals surface area contributed by atoms with Crippen molar-refractivity contribution in [2.24, 2.45) is 0 Å². The van der Waals surface area contributed by atoms with Crippen LogP contribution in [0, 0.1) is 11.3 Å². The Labute approximate surface area is 106 Å². The highest BCUT2D eigenvalue weighted by atomic mass is 32.1. The zero-order chi connectivity index (χ0) is 12.4. The van der Waals surface area contributed by atoms with Gasteiger partial charge in [-0.15, -0.1) is 11.3 Å². The minimum atomic E-state index is 0.610. The van der Waals surface area contributed by atoms with Crippen molar-refractivity contribution in [2.45, 2.75) is 19.9 Å². The summed E-state index contributed by atoms with van der Waals surface area (Å²) in [6.45, 7) is 8.65. The van der Waals surface area contributed by atoms with E-state index in [4.69, 9.17) is 11.0 Å². The number of rotatable bonds is 2. The van der Waals surface area contributed by atoms with Gasteiger partial charge in [-0.2, -0.15) is 5.26 Å². The Hall–Kier alpha value is -1.25. The number of piperazine rings is 1. The van der Waals surface area contributed by atoms with E-state index >= 15 is 0 Å². The molecule has 2 rings (SSSR count). The van der Waals surface area contributed by atoms with Gasteiger partial charge in [0.2, 0.25) is 0 Å². The molecule has 1 aliphatic heterocycles. The van der Waals surface area contributed by atoms with Crippen LogP contribution in [-0.4, -0.2) is 37.1 Å². The Morgan fingerprint density at radius 3 is 2.47 bits per heavy atom. The summed E-state index contributed by atoms with van der Waals surface area (Å²) in [7, 11) is 0. The lowest BCUT2D eigenvalue weighted by atomic mass is 10.2. The molecule has 0 spiro atoms. The first-order valence-electron chi connectivity index (χ1n) is 5.90. The number of nitrogen functional groups attached to an aromatic ring is 1. The molecule has 2 N–H and O–H groups in total. The molecule has 1 fully saturated rings. The molecule has 0 bridgehead atoms. The van der Waals surface area contributed by atoms with E-state index in [1.165, 1.54) is 11.3 Å². The lowest BCUT2D eigenvalue weighted by molar-refractivity contribution is 0.210. The molecule has 5 heteroatoms. The summed E-state index contributed by atoms with van der Waals surface area (Å²) < 4.78 is 0. The van der Waals surface area contributed by atoms with Crippen LogP contribution in [0.15, 0.2) is 6.07 Å². The van der Waals surface area contributed by atoms with Crippen molar-refractivity contribution in [1.82, 2.24) is 4.90 Å². The minimum absolute atomic E-state index is 0.610. The Balaban J connectivity index is 2.03. The molecule has 1 aromatic heterocycles. The monoisotopic (exact) mass is 250 g/mol. The molecule has 1 aliphatic rings. The molecule has 0 aliphatic carbocycles. The lowest BCUT2D eigenvalue weighted by Crippen LogP contribution is -2.48. The number of thiophene rings is 1. The van der Waals surface area contributed by atoms with E-state index in [0.29, 0.717) is 16.6 Å². The molecule has 0 unspecified atom stereocenters. The normalized spacial score (nSPS) is 17.4. The van der Waals surface area contributed by atoms with Crippen LogP contribution >= 0.6 is 11.3 Å². The fourth-order valence-electron chi connectivity index (χ4n) is 2.09. The van der Waals surface area contributed by atoms with Crippen LogP contribution in [0.5, 0.6) is 0 Å². The number of nitrogens with two attached hydrogens (primary N) is 1. The second kappa shape index (κ2) is 4.94. The molecule has 0 amide bonds. The maximum Gasteiger partial charge on any atom is 0.129 e. The molecule has 0 radical (unpaired) electrons. The standard InChI is InChI=1S/C12H18N4S/c1-9(2)15-3-5-16(6-4-15)12-7-10(14)11(8-13)17-12/h7,9H,3-6,14H2,1-2H3. The average Bonchev–Trinajstić information content (AvgIpc) is 2.70. The van der Waals surface area contributed by atoms with E-state index in [0.717, 1.165) is 31.2 Å². The van der Waals surface area contributed by atoms with Gasteiger partial charge in [-0.3, -0.25) is 4.90 Å².